The van der Waals surface area contributed by atoms with Gasteiger partial charge in [0.15, 0.2) is 8.32 Å². The van der Waals surface area contributed by atoms with E-state index >= 15 is 0 Å². The summed E-state index contributed by atoms with van der Waals surface area (Å²) in [5.74, 6) is 0. The predicted molar refractivity (Wildman–Crippen MR) is 71.0 cm³/mol. The standard InChI is InChI=1S/C12H22OSSi/c1-12(2,15(3,4)13)9-5-7-11-8-6-10-14-11/h6,8,10,13H,5,7,9H2,1-4H3. The Morgan fingerprint density at radius 1 is 1.40 bits per heavy atom. The molecule has 1 aromatic heterocycles. The highest BCUT2D eigenvalue weighted by Gasteiger charge is 2.37. The molecule has 0 saturated carbocycles. The Balaban J connectivity index is 2.37. The van der Waals surface area contributed by atoms with E-state index in [1.54, 1.807) is 0 Å². The van der Waals surface area contributed by atoms with Crippen LogP contribution in [0, 0.1) is 0 Å². The van der Waals surface area contributed by atoms with Crippen LogP contribution in [-0.4, -0.2) is 13.1 Å². The van der Waals surface area contributed by atoms with Crippen LogP contribution in [0.2, 0.25) is 18.1 Å². The van der Waals surface area contributed by atoms with E-state index in [9.17, 15) is 4.80 Å². The quantitative estimate of drug-likeness (QED) is 0.772. The second-order valence-corrected chi connectivity index (χ2v) is 10.9. The molecule has 0 saturated heterocycles. The van der Waals surface area contributed by atoms with Gasteiger partial charge in [0.25, 0.3) is 0 Å². The van der Waals surface area contributed by atoms with Crippen LogP contribution >= 0.6 is 11.3 Å². The highest BCUT2D eigenvalue weighted by molar-refractivity contribution is 7.09. The first kappa shape index (κ1) is 12.9. The van der Waals surface area contributed by atoms with Crippen molar-refractivity contribution < 1.29 is 4.80 Å². The molecule has 0 fully saturated rings. The number of thiophene rings is 1. The van der Waals surface area contributed by atoms with E-state index < -0.39 is 8.32 Å². The van der Waals surface area contributed by atoms with Gasteiger partial charge < -0.3 is 4.80 Å². The molecule has 0 radical (unpaired) electrons. The zero-order valence-electron chi connectivity index (χ0n) is 10.2. The maximum atomic E-state index is 10.1. The molecule has 0 aliphatic heterocycles. The van der Waals surface area contributed by atoms with Crippen molar-refractivity contribution in [2.45, 2.75) is 51.2 Å². The summed E-state index contributed by atoms with van der Waals surface area (Å²) in [4.78, 5) is 11.6. The zero-order valence-corrected chi connectivity index (χ0v) is 12.0. The molecular weight excluding hydrogens is 220 g/mol. The summed E-state index contributed by atoms with van der Waals surface area (Å²) in [7, 11) is -2.00. The second-order valence-electron chi connectivity index (χ2n) is 5.38. The van der Waals surface area contributed by atoms with Crippen LogP contribution < -0.4 is 0 Å². The number of aryl methyl sites for hydroxylation is 1. The van der Waals surface area contributed by atoms with Crippen molar-refractivity contribution in [2.75, 3.05) is 0 Å². The van der Waals surface area contributed by atoms with Crippen LogP contribution in [0.25, 0.3) is 0 Å². The Morgan fingerprint density at radius 2 is 2.07 bits per heavy atom. The third kappa shape index (κ3) is 3.74. The highest BCUT2D eigenvalue weighted by Crippen LogP contribution is 2.40. The minimum Gasteiger partial charge on any atom is -0.432 e. The molecule has 0 aromatic carbocycles. The monoisotopic (exact) mass is 242 g/mol. The first-order valence-electron chi connectivity index (χ1n) is 5.58. The van der Waals surface area contributed by atoms with Crippen LogP contribution in [0.1, 0.15) is 31.6 Å². The molecule has 1 aromatic rings. The molecule has 0 bridgehead atoms. The van der Waals surface area contributed by atoms with Crippen molar-refractivity contribution in [2.24, 2.45) is 0 Å². The van der Waals surface area contributed by atoms with Gasteiger partial charge in [0.05, 0.1) is 0 Å². The lowest BCUT2D eigenvalue weighted by Gasteiger charge is -2.35. The summed E-state index contributed by atoms with van der Waals surface area (Å²) < 4.78 is 0. The van der Waals surface area contributed by atoms with Gasteiger partial charge in [-0.15, -0.1) is 11.3 Å². The van der Waals surface area contributed by atoms with E-state index in [1.807, 2.05) is 24.4 Å². The summed E-state index contributed by atoms with van der Waals surface area (Å²) in [6.45, 7) is 8.48. The van der Waals surface area contributed by atoms with Crippen LogP contribution in [0.3, 0.4) is 0 Å². The van der Waals surface area contributed by atoms with Gasteiger partial charge in [0.2, 0.25) is 0 Å². The van der Waals surface area contributed by atoms with E-state index in [1.165, 1.54) is 11.3 Å². The molecule has 3 heteroatoms. The molecule has 0 aliphatic rings. The second kappa shape index (κ2) is 4.81. The molecule has 0 aliphatic carbocycles. The van der Waals surface area contributed by atoms with E-state index in [0.717, 1.165) is 12.8 Å². The maximum absolute atomic E-state index is 10.1. The lowest BCUT2D eigenvalue weighted by molar-refractivity contribution is 0.443. The fraction of sp³-hybridized carbons (Fsp3) is 0.667. The SMILES string of the molecule is CC(C)(CCCc1cccs1)[Si](C)(C)O. The molecule has 1 N–H and O–H groups in total. The van der Waals surface area contributed by atoms with Crippen molar-refractivity contribution >= 4 is 19.7 Å². The Morgan fingerprint density at radius 3 is 2.53 bits per heavy atom. The summed E-state index contributed by atoms with van der Waals surface area (Å²) in [6.07, 6.45) is 3.47. The first-order chi connectivity index (χ1) is 6.83. The van der Waals surface area contributed by atoms with E-state index in [-0.39, 0.29) is 5.04 Å². The van der Waals surface area contributed by atoms with E-state index in [4.69, 9.17) is 0 Å². The Kier molecular flexibility index (Phi) is 4.15. The predicted octanol–water partition coefficient (Wildman–Crippen LogP) is 4.05. The number of hydrogen-bond donors (Lipinski definition) is 1. The van der Waals surface area contributed by atoms with Crippen LogP contribution in [0.5, 0.6) is 0 Å². The van der Waals surface area contributed by atoms with Gasteiger partial charge in [-0.3, -0.25) is 0 Å². The average molecular weight is 242 g/mol. The van der Waals surface area contributed by atoms with Crippen LogP contribution in [-0.2, 0) is 6.42 Å². The molecule has 1 nitrogen and oxygen atoms in total. The number of rotatable bonds is 5. The molecular formula is C12H22OSSi. The van der Waals surface area contributed by atoms with Crippen molar-refractivity contribution in [3.8, 4) is 0 Å². The zero-order chi connectivity index (χ0) is 11.5. The van der Waals surface area contributed by atoms with Crippen LogP contribution in [0.15, 0.2) is 17.5 Å². The lowest BCUT2D eigenvalue weighted by atomic mass is 10.0. The molecule has 0 unspecified atom stereocenters. The smallest absolute Gasteiger partial charge is 0.188 e. The molecule has 15 heavy (non-hydrogen) atoms. The topological polar surface area (TPSA) is 20.2 Å². The molecule has 1 rings (SSSR count). The van der Waals surface area contributed by atoms with Gasteiger partial charge in [-0.05, 0) is 48.8 Å². The molecule has 0 spiro atoms. The minimum absolute atomic E-state index is 0.129. The Bertz CT molecular complexity index is 285. The van der Waals surface area contributed by atoms with Crippen molar-refractivity contribution in [3.63, 3.8) is 0 Å². The fourth-order valence-corrected chi connectivity index (χ4v) is 3.01. The highest BCUT2D eigenvalue weighted by atomic mass is 32.1. The van der Waals surface area contributed by atoms with E-state index in [2.05, 4.69) is 31.4 Å². The average Bonchev–Trinajstić information content (AvgIpc) is 2.54. The molecule has 1 heterocycles. The van der Waals surface area contributed by atoms with Crippen LogP contribution in [0.4, 0.5) is 0 Å². The molecule has 0 atom stereocenters. The summed E-state index contributed by atoms with van der Waals surface area (Å²) in [5.41, 5.74) is 0. The Hall–Kier alpha value is -0.123. The summed E-state index contributed by atoms with van der Waals surface area (Å²) >= 11 is 1.83. The molecule has 0 amide bonds. The van der Waals surface area contributed by atoms with Gasteiger partial charge in [0.1, 0.15) is 0 Å². The first-order valence-corrected chi connectivity index (χ1v) is 9.40. The fourth-order valence-electron chi connectivity index (χ4n) is 1.47. The largest absolute Gasteiger partial charge is 0.432 e. The van der Waals surface area contributed by atoms with Gasteiger partial charge in [-0.1, -0.05) is 19.9 Å². The van der Waals surface area contributed by atoms with Gasteiger partial charge in [-0.2, -0.15) is 0 Å². The third-order valence-electron chi connectivity index (χ3n) is 3.46. The molecule has 86 valence electrons. The third-order valence-corrected chi connectivity index (χ3v) is 7.96. The van der Waals surface area contributed by atoms with Crippen molar-refractivity contribution in [1.29, 1.82) is 0 Å². The minimum atomic E-state index is -2.00. The Labute approximate surface area is 98.3 Å². The van der Waals surface area contributed by atoms with Crippen molar-refractivity contribution in [1.82, 2.24) is 0 Å². The lowest BCUT2D eigenvalue weighted by Crippen LogP contribution is -2.38. The maximum Gasteiger partial charge on any atom is 0.188 e. The van der Waals surface area contributed by atoms with Gasteiger partial charge >= 0.3 is 0 Å². The summed E-state index contributed by atoms with van der Waals surface area (Å²) in [5, 5.41) is 2.26. The van der Waals surface area contributed by atoms with Gasteiger partial charge in [0, 0.05) is 4.88 Å². The van der Waals surface area contributed by atoms with Gasteiger partial charge in [-0.25, -0.2) is 0 Å². The van der Waals surface area contributed by atoms with Crippen molar-refractivity contribution in [3.05, 3.63) is 22.4 Å². The number of hydrogen-bond acceptors (Lipinski definition) is 2. The normalized spacial score (nSPS) is 13.1. The summed E-state index contributed by atoms with van der Waals surface area (Å²) in [6, 6.07) is 4.30. The van der Waals surface area contributed by atoms with E-state index in [0.29, 0.717) is 0 Å².